The topological polar surface area (TPSA) is 129 Å². The molecule has 1 aromatic carbocycles. The van der Waals surface area contributed by atoms with Gasteiger partial charge in [0.1, 0.15) is 0 Å². The Kier molecular flexibility index (Phi) is 4.95. The predicted molar refractivity (Wildman–Crippen MR) is 53.6 cm³/mol. The second-order valence-corrected chi connectivity index (χ2v) is 2.42. The van der Waals surface area contributed by atoms with Crippen molar-refractivity contribution in [3.05, 3.63) is 48.5 Å². The Hall–Kier alpha value is -1.58. The molecule has 0 N–H and O–H groups in total. The molecule has 80 valence electrons. The Morgan fingerprint density at radius 1 is 0.812 bits per heavy atom. The van der Waals surface area contributed by atoms with Crippen LogP contribution in [0.2, 0.25) is 0 Å². The van der Waals surface area contributed by atoms with Gasteiger partial charge in [0.05, 0.1) is 14.8 Å². The second kappa shape index (κ2) is 5.49. The summed E-state index contributed by atoms with van der Waals surface area (Å²) < 4.78 is 0. The van der Waals surface area contributed by atoms with E-state index in [1.807, 2.05) is 0 Å². The van der Waals surface area contributed by atoms with Crippen LogP contribution in [0.4, 0.5) is 17.1 Å². The molecule has 9 nitrogen and oxygen atoms in total. The van der Waals surface area contributed by atoms with Gasteiger partial charge in [0, 0.05) is 12.1 Å². The van der Waals surface area contributed by atoms with Gasteiger partial charge in [-0.05, 0) is 6.07 Å². The number of rotatable bonds is 3. The first-order valence-electron chi connectivity index (χ1n) is 3.51. The van der Waals surface area contributed by atoms with Gasteiger partial charge in [-0.1, -0.05) is 0 Å². The SMILES string of the molecule is O=[N+]([O-])c1cccc([N+](=O)[O-])c1[N+](=O)[O-].[NaH]. The molecule has 1 rings (SSSR count). The standard InChI is InChI=1S/C6H3N3O6.Na.H/c10-7(11)4-2-1-3-5(8(12)13)6(4)9(14)15;;/h1-3H;;. The fourth-order valence-corrected chi connectivity index (χ4v) is 1.00. The molecular formula is C6H4N3NaO6. The van der Waals surface area contributed by atoms with Crippen molar-refractivity contribution in [2.75, 3.05) is 0 Å². The summed E-state index contributed by atoms with van der Waals surface area (Å²) >= 11 is 0. The molecule has 1 aromatic rings. The van der Waals surface area contributed by atoms with Gasteiger partial charge in [-0.2, -0.15) is 0 Å². The third kappa shape index (κ3) is 2.72. The maximum absolute atomic E-state index is 10.4. The number of benzene rings is 1. The molecule has 0 amide bonds. The Morgan fingerprint density at radius 2 is 1.19 bits per heavy atom. The van der Waals surface area contributed by atoms with Gasteiger partial charge in [0.25, 0.3) is 0 Å². The van der Waals surface area contributed by atoms with Crippen LogP contribution in [0.3, 0.4) is 0 Å². The Balaban J connectivity index is 0.00000225. The zero-order valence-corrected chi connectivity index (χ0v) is 7.02. The van der Waals surface area contributed by atoms with Crippen LogP contribution in [0.15, 0.2) is 18.2 Å². The van der Waals surface area contributed by atoms with Crippen LogP contribution < -0.4 is 0 Å². The summed E-state index contributed by atoms with van der Waals surface area (Å²) in [5.74, 6) is 0. The number of hydrogen-bond donors (Lipinski definition) is 0. The molecule has 0 bridgehead atoms. The van der Waals surface area contributed by atoms with Gasteiger partial charge in [-0.15, -0.1) is 0 Å². The monoisotopic (exact) mass is 237 g/mol. The molecule has 0 aliphatic heterocycles. The van der Waals surface area contributed by atoms with E-state index in [-0.39, 0.29) is 29.6 Å². The van der Waals surface area contributed by atoms with E-state index >= 15 is 0 Å². The van der Waals surface area contributed by atoms with Crippen molar-refractivity contribution in [1.82, 2.24) is 0 Å². The first kappa shape index (κ1) is 14.4. The molecule has 10 heteroatoms. The molecule has 0 aliphatic carbocycles. The summed E-state index contributed by atoms with van der Waals surface area (Å²) in [4.78, 5) is 28.0. The zero-order chi connectivity index (χ0) is 11.6. The summed E-state index contributed by atoms with van der Waals surface area (Å²) in [6.07, 6.45) is 0. The molecule has 0 atom stereocenters. The first-order valence-corrected chi connectivity index (χ1v) is 3.51. The Morgan fingerprint density at radius 3 is 1.44 bits per heavy atom. The predicted octanol–water partition coefficient (Wildman–Crippen LogP) is 0.763. The van der Waals surface area contributed by atoms with E-state index in [4.69, 9.17) is 0 Å². The van der Waals surface area contributed by atoms with Crippen LogP contribution in [0.5, 0.6) is 0 Å². The van der Waals surface area contributed by atoms with Crippen LogP contribution in [-0.4, -0.2) is 44.3 Å². The van der Waals surface area contributed by atoms with E-state index in [2.05, 4.69) is 0 Å². The molecule has 0 saturated heterocycles. The molecule has 0 fully saturated rings. The van der Waals surface area contributed by atoms with E-state index in [0.717, 1.165) is 18.2 Å². The van der Waals surface area contributed by atoms with E-state index in [9.17, 15) is 30.3 Å². The fourth-order valence-electron chi connectivity index (χ4n) is 1.00. The molecule has 0 aromatic heterocycles. The second-order valence-electron chi connectivity index (χ2n) is 2.42. The average molecular weight is 237 g/mol. The Labute approximate surface area is 110 Å². The normalized spacial score (nSPS) is 9.00. The third-order valence-electron chi connectivity index (χ3n) is 1.57. The van der Waals surface area contributed by atoms with Gasteiger partial charge in [0.15, 0.2) is 0 Å². The third-order valence-corrected chi connectivity index (χ3v) is 1.57. The van der Waals surface area contributed by atoms with Crippen molar-refractivity contribution in [1.29, 1.82) is 0 Å². The molecule has 0 spiro atoms. The summed E-state index contributed by atoms with van der Waals surface area (Å²) in [5.41, 5.74) is -2.89. The average Bonchev–Trinajstić information content (AvgIpc) is 2.16. The van der Waals surface area contributed by atoms with Crippen LogP contribution in [0.1, 0.15) is 0 Å². The van der Waals surface area contributed by atoms with Gasteiger partial charge < -0.3 is 0 Å². The molecule has 0 aliphatic rings. The van der Waals surface area contributed by atoms with Crippen molar-refractivity contribution < 1.29 is 14.8 Å². The number of hydrogen-bond acceptors (Lipinski definition) is 6. The minimum absolute atomic E-state index is 0. The number of nitro groups is 3. The summed E-state index contributed by atoms with van der Waals surface area (Å²) in [7, 11) is 0. The van der Waals surface area contributed by atoms with Gasteiger partial charge in [-0.3, -0.25) is 30.3 Å². The van der Waals surface area contributed by atoms with Gasteiger partial charge in [-0.25, -0.2) is 0 Å². The molecule has 0 unspecified atom stereocenters. The first-order chi connectivity index (χ1) is 6.95. The van der Waals surface area contributed by atoms with Crippen LogP contribution in [-0.2, 0) is 0 Å². The number of nitrogens with zero attached hydrogens (tertiary/aromatic N) is 3. The van der Waals surface area contributed by atoms with Crippen LogP contribution in [0, 0.1) is 30.3 Å². The minimum atomic E-state index is -1.14. The fraction of sp³-hybridized carbons (Fsp3) is 0. The molecule has 0 radical (unpaired) electrons. The van der Waals surface area contributed by atoms with Crippen molar-refractivity contribution >= 4 is 46.6 Å². The van der Waals surface area contributed by atoms with Crippen molar-refractivity contribution in [3.8, 4) is 0 Å². The Bertz CT molecular complexity index is 429. The number of para-hydroxylation sites is 1. The van der Waals surface area contributed by atoms with E-state index in [1.54, 1.807) is 0 Å². The quantitative estimate of drug-likeness (QED) is 0.433. The summed E-state index contributed by atoms with van der Waals surface area (Å²) in [5, 5.41) is 31.2. The van der Waals surface area contributed by atoms with Crippen LogP contribution >= 0.6 is 0 Å². The molecular weight excluding hydrogens is 233 g/mol. The van der Waals surface area contributed by atoms with Crippen molar-refractivity contribution in [2.24, 2.45) is 0 Å². The van der Waals surface area contributed by atoms with E-state index < -0.39 is 31.8 Å². The van der Waals surface area contributed by atoms with E-state index in [1.165, 1.54) is 0 Å². The number of nitro benzene ring substituents is 3. The van der Waals surface area contributed by atoms with Crippen LogP contribution in [0.25, 0.3) is 0 Å². The van der Waals surface area contributed by atoms with Gasteiger partial charge >= 0.3 is 46.6 Å². The van der Waals surface area contributed by atoms with Crippen molar-refractivity contribution in [2.45, 2.75) is 0 Å². The molecule has 16 heavy (non-hydrogen) atoms. The zero-order valence-electron chi connectivity index (χ0n) is 7.02. The van der Waals surface area contributed by atoms with E-state index in [0.29, 0.717) is 0 Å². The summed E-state index contributed by atoms with van der Waals surface area (Å²) in [6.45, 7) is 0. The van der Waals surface area contributed by atoms with Crippen molar-refractivity contribution in [3.63, 3.8) is 0 Å². The molecule has 0 heterocycles. The van der Waals surface area contributed by atoms with Gasteiger partial charge in [0.2, 0.25) is 0 Å². The summed E-state index contributed by atoms with van der Waals surface area (Å²) in [6, 6.07) is 2.69. The molecule has 0 saturated carbocycles. The maximum atomic E-state index is 10.4.